The monoisotopic (exact) mass is 513 g/mol. The minimum Gasteiger partial charge on any atom is -0.350 e. The van der Waals surface area contributed by atoms with Crippen molar-refractivity contribution in [3.63, 3.8) is 0 Å². The van der Waals surface area contributed by atoms with E-state index in [0.29, 0.717) is 16.1 Å². The van der Waals surface area contributed by atoms with Gasteiger partial charge in [0, 0.05) is 36.3 Å². The first kappa shape index (κ1) is 25.0. The smallest absolute Gasteiger partial charge is 0.264 e. The van der Waals surface area contributed by atoms with Crippen LogP contribution in [0, 0.1) is 11.3 Å². The zero-order valence-electron chi connectivity index (χ0n) is 18.9. The highest BCUT2D eigenvalue weighted by atomic mass is 35.5. The van der Waals surface area contributed by atoms with Gasteiger partial charge in [-0.05, 0) is 68.1 Å². The highest BCUT2D eigenvalue weighted by Crippen LogP contribution is 2.27. The average Bonchev–Trinajstić information content (AvgIpc) is 3.31. The number of halogens is 2. The molecule has 35 heavy (non-hydrogen) atoms. The first-order chi connectivity index (χ1) is 16.8. The van der Waals surface area contributed by atoms with E-state index in [2.05, 4.69) is 5.32 Å². The van der Waals surface area contributed by atoms with Gasteiger partial charge in [0.05, 0.1) is 21.7 Å². The van der Waals surface area contributed by atoms with Crippen LogP contribution in [0.4, 0.5) is 0 Å². The molecule has 8 nitrogen and oxygen atoms in total. The summed E-state index contributed by atoms with van der Waals surface area (Å²) in [5, 5.41) is 12.6. The first-order valence-electron chi connectivity index (χ1n) is 11.4. The van der Waals surface area contributed by atoms with E-state index in [4.69, 9.17) is 34.2 Å². The lowest BCUT2D eigenvalue weighted by molar-refractivity contribution is -0.129. The number of nitriles is 1. The summed E-state index contributed by atoms with van der Waals surface area (Å²) < 4.78 is 0. The largest absolute Gasteiger partial charge is 0.350 e. The van der Waals surface area contributed by atoms with Crippen molar-refractivity contribution in [1.29, 1.82) is 5.26 Å². The number of nitrogens with one attached hydrogen (secondary N) is 1. The Morgan fingerprint density at radius 2 is 1.46 bits per heavy atom. The van der Waals surface area contributed by atoms with Crippen LogP contribution in [0.25, 0.3) is 0 Å². The maximum atomic E-state index is 13.5. The number of nitrogens with zero attached hydrogens (tertiary/aromatic N) is 3. The SMILES string of the molecule is N#Cc1ccc(C(=O)N2CCN(C(=O)c3ccc(Cl)c(Cl)c3)C2C(=O)NC2CCC(N)CC2)cc1. The number of carbonyl (C=O) groups excluding carboxylic acids is 3. The third-order valence-electron chi connectivity index (χ3n) is 6.47. The maximum absolute atomic E-state index is 13.5. The number of amides is 3. The van der Waals surface area contributed by atoms with Gasteiger partial charge in [0.2, 0.25) is 0 Å². The van der Waals surface area contributed by atoms with E-state index in [1.54, 1.807) is 30.3 Å². The summed E-state index contributed by atoms with van der Waals surface area (Å²) in [6.45, 7) is 0.355. The van der Waals surface area contributed by atoms with Gasteiger partial charge in [0.15, 0.2) is 6.17 Å². The van der Waals surface area contributed by atoms with Crippen LogP contribution in [0.2, 0.25) is 10.0 Å². The second-order valence-electron chi connectivity index (χ2n) is 8.81. The summed E-state index contributed by atoms with van der Waals surface area (Å²) in [5.41, 5.74) is 7.01. The summed E-state index contributed by atoms with van der Waals surface area (Å²) in [6, 6.07) is 12.8. The predicted octanol–water partition coefficient (Wildman–Crippen LogP) is 3.18. The van der Waals surface area contributed by atoms with Gasteiger partial charge >= 0.3 is 0 Å². The quantitative estimate of drug-likeness (QED) is 0.650. The number of rotatable bonds is 4. The van der Waals surface area contributed by atoms with Crippen molar-refractivity contribution in [2.24, 2.45) is 5.73 Å². The first-order valence-corrected chi connectivity index (χ1v) is 12.2. The van der Waals surface area contributed by atoms with Crippen molar-refractivity contribution < 1.29 is 14.4 Å². The van der Waals surface area contributed by atoms with E-state index < -0.39 is 23.9 Å². The molecule has 1 heterocycles. The Kier molecular flexibility index (Phi) is 7.60. The summed E-state index contributed by atoms with van der Waals surface area (Å²) >= 11 is 12.1. The average molecular weight is 514 g/mol. The van der Waals surface area contributed by atoms with Gasteiger partial charge in [-0.2, -0.15) is 5.26 Å². The Labute approximate surface area is 213 Å². The molecule has 0 spiro atoms. The molecule has 3 amide bonds. The van der Waals surface area contributed by atoms with Crippen LogP contribution in [0.3, 0.4) is 0 Å². The third kappa shape index (κ3) is 5.43. The lowest BCUT2D eigenvalue weighted by Gasteiger charge is -2.33. The molecule has 1 unspecified atom stereocenters. The fraction of sp³-hybridized carbons (Fsp3) is 0.360. The molecule has 10 heteroatoms. The number of benzene rings is 2. The van der Waals surface area contributed by atoms with E-state index >= 15 is 0 Å². The van der Waals surface area contributed by atoms with Gasteiger partial charge in [0.1, 0.15) is 0 Å². The number of nitrogens with two attached hydrogens (primary N) is 1. The van der Waals surface area contributed by atoms with E-state index in [0.717, 1.165) is 25.7 Å². The van der Waals surface area contributed by atoms with Gasteiger partial charge < -0.3 is 20.9 Å². The molecule has 1 atom stereocenters. The molecular weight excluding hydrogens is 489 g/mol. The molecule has 0 radical (unpaired) electrons. The molecule has 1 saturated heterocycles. The van der Waals surface area contributed by atoms with E-state index in [1.807, 2.05) is 6.07 Å². The molecule has 0 bridgehead atoms. The minimum absolute atomic E-state index is 0.0725. The molecule has 1 aliphatic heterocycles. The molecule has 1 aliphatic carbocycles. The van der Waals surface area contributed by atoms with E-state index in [9.17, 15) is 14.4 Å². The zero-order valence-corrected chi connectivity index (χ0v) is 20.4. The second kappa shape index (κ2) is 10.6. The third-order valence-corrected chi connectivity index (χ3v) is 7.21. The molecule has 4 rings (SSSR count). The highest BCUT2D eigenvalue weighted by molar-refractivity contribution is 6.42. The second-order valence-corrected chi connectivity index (χ2v) is 9.62. The van der Waals surface area contributed by atoms with Crippen molar-refractivity contribution in [3.05, 3.63) is 69.2 Å². The van der Waals surface area contributed by atoms with Gasteiger partial charge in [0.25, 0.3) is 17.7 Å². The molecule has 182 valence electrons. The van der Waals surface area contributed by atoms with Crippen molar-refractivity contribution in [3.8, 4) is 6.07 Å². The van der Waals surface area contributed by atoms with E-state index in [-0.39, 0.29) is 35.8 Å². The Bertz CT molecular complexity index is 1170. The molecule has 2 aliphatic rings. The summed E-state index contributed by atoms with van der Waals surface area (Å²) in [5.74, 6) is -1.24. The molecule has 2 aromatic carbocycles. The summed E-state index contributed by atoms with van der Waals surface area (Å²) in [7, 11) is 0. The van der Waals surface area contributed by atoms with Crippen LogP contribution in [-0.4, -0.2) is 58.9 Å². The van der Waals surface area contributed by atoms with Gasteiger partial charge in [-0.25, -0.2) is 0 Å². The lowest BCUT2D eigenvalue weighted by atomic mass is 9.92. The Balaban J connectivity index is 1.61. The van der Waals surface area contributed by atoms with Crippen LogP contribution < -0.4 is 11.1 Å². The molecular formula is C25H25Cl2N5O3. The highest BCUT2D eigenvalue weighted by Gasteiger charge is 2.43. The van der Waals surface area contributed by atoms with Crippen LogP contribution in [-0.2, 0) is 4.79 Å². The lowest BCUT2D eigenvalue weighted by Crippen LogP contribution is -2.56. The predicted molar refractivity (Wildman–Crippen MR) is 132 cm³/mol. The molecule has 3 N–H and O–H groups in total. The Hall–Kier alpha value is -3.12. The van der Waals surface area contributed by atoms with Gasteiger partial charge in [-0.3, -0.25) is 14.4 Å². The summed E-state index contributed by atoms with van der Waals surface area (Å²) in [4.78, 5) is 43.0. The molecule has 1 saturated carbocycles. The van der Waals surface area contributed by atoms with Crippen LogP contribution in [0.5, 0.6) is 0 Å². The van der Waals surface area contributed by atoms with Crippen molar-refractivity contribution in [1.82, 2.24) is 15.1 Å². The fourth-order valence-corrected chi connectivity index (χ4v) is 4.82. The molecule has 2 aromatic rings. The van der Waals surface area contributed by atoms with E-state index in [1.165, 1.54) is 21.9 Å². The van der Waals surface area contributed by atoms with Crippen LogP contribution >= 0.6 is 23.2 Å². The number of hydrogen-bond acceptors (Lipinski definition) is 5. The fourth-order valence-electron chi connectivity index (χ4n) is 4.52. The van der Waals surface area contributed by atoms with Crippen molar-refractivity contribution in [2.75, 3.05) is 13.1 Å². The standard InChI is InChI=1S/C25H25Cl2N5O3/c26-20-10-5-17(13-21(20)27)25(35)32-12-11-31(24(34)16-3-1-15(14-28)2-4-16)23(32)22(33)30-19-8-6-18(29)7-9-19/h1-5,10,13,18-19,23H,6-9,11-12,29H2,(H,30,33). The zero-order chi connectivity index (χ0) is 25.1. The number of hydrogen-bond donors (Lipinski definition) is 2. The molecule has 2 fully saturated rings. The Morgan fingerprint density at radius 3 is 2.03 bits per heavy atom. The topological polar surface area (TPSA) is 120 Å². The van der Waals surface area contributed by atoms with Crippen LogP contribution in [0.15, 0.2) is 42.5 Å². The van der Waals surface area contributed by atoms with Gasteiger partial charge in [-0.1, -0.05) is 23.2 Å². The summed E-state index contributed by atoms with van der Waals surface area (Å²) in [6.07, 6.45) is 1.95. The number of carbonyl (C=O) groups is 3. The van der Waals surface area contributed by atoms with Crippen LogP contribution in [0.1, 0.15) is 52.0 Å². The van der Waals surface area contributed by atoms with Crippen molar-refractivity contribution >= 4 is 40.9 Å². The Morgan fingerprint density at radius 1 is 0.886 bits per heavy atom. The minimum atomic E-state index is -1.13. The van der Waals surface area contributed by atoms with Gasteiger partial charge in [-0.15, -0.1) is 0 Å². The van der Waals surface area contributed by atoms with Crippen molar-refractivity contribution in [2.45, 2.75) is 43.9 Å². The maximum Gasteiger partial charge on any atom is 0.264 e. The molecule has 0 aromatic heterocycles. The normalized spacial score (nSPS) is 21.9.